The van der Waals surface area contributed by atoms with Crippen molar-refractivity contribution in [3.8, 4) is 0 Å². The zero-order valence-electron chi connectivity index (χ0n) is 40.0. The first-order valence-corrected chi connectivity index (χ1v) is 25.8. The lowest BCUT2D eigenvalue weighted by Crippen LogP contribution is -2.37. The lowest BCUT2D eigenvalue weighted by Gasteiger charge is -2.28. The number of nitrogens with zero attached hydrogens (tertiary/aromatic N) is 1. The highest BCUT2D eigenvalue weighted by Gasteiger charge is 2.21. The monoisotopic (exact) mass is 888 g/mol. The molecule has 0 aliphatic carbocycles. The van der Waals surface area contributed by atoms with Crippen LogP contribution in [0.3, 0.4) is 0 Å². The number of carbonyl (C=O) groups is 2. The number of quaternary nitrogens is 1. The lowest BCUT2D eigenvalue weighted by molar-refractivity contribution is -0.870. The molecule has 0 radical (unpaired) electrons. The standard InChI is InChI=1S/C52H90NO8P/c1-6-8-10-12-14-16-18-20-22-24-25-26-27-29-31-33-35-37-39-41-43-45-52(55)61-50(49-60-62(56,57)59-47-46-53(3,4)5)48-58-51(54)44-42-40-38-36-34-32-30-28-23-21-19-17-15-13-11-9-7-2/h21-24,26-27,30-33,36-39,50H,6-20,25,28-29,34-35,40-49H2,1-5H3/b23-21+,24-22+,27-26+,32-30+,33-31+,38-36+,39-37+/t50-/m1/s1. The van der Waals surface area contributed by atoms with E-state index in [-0.39, 0.29) is 26.1 Å². The third-order valence-corrected chi connectivity index (χ3v) is 10.9. The molecular formula is C52H90NO8P. The average molecular weight is 888 g/mol. The first-order valence-electron chi connectivity index (χ1n) is 24.3. The van der Waals surface area contributed by atoms with Gasteiger partial charge in [-0.2, -0.15) is 0 Å². The molecule has 0 aromatic carbocycles. The summed E-state index contributed by atoms with van der Waals surface area (Å²) >= 11 is 0. The van der Waals surface area contributed by atoms with Crippen molar-refractivity contribution in [2.45, 2.75) is 187 Å². The zero-order valence-corrected chi connectivity index (χ0v) is 40.9. The van der Waals surface area contributed by atoms with Crippen molar-refractivity contribution >= 4 is 19.8 Å². The Morgan fingerprint density at radius 2 is 0.871 bits per heavy atom. The number of hydrogen-bond acceptors (Lipinski definition) is 8. The first kappa shape index (κ1) is 59.2. The van der Waals surface area contributed by atoms with Crippen LogP contribution in [-0.4, -0.2) is 70.0 Å². The molecule has 0 bridgehead atoms. The molecule has 1 unspecified atom stereocenters. The predicted molar refractivity (Wildman–Crippen MR) is 259 cm³/mol. The van der Waals surface area contributed by atoms with Crippen LogP contribution in [0.4, 0.5) is 0 Å². The minimum Gasteiger partial charge on any atom is -0.756 e. The second-order valence-corrected chi connectivity index (χ2v) is 18.5. The van der Waals surface area contributed by atoms with Gasteiger partial charge in [-0.3, -0.25) is 14.2 Å². The number of unbranched alkanes of at least 4 members (excludes halogenated alkanes) is 15. The Kier molecular flexibility index (Phi) is 41.5. The number of carbonyl (C=O) groups excluding carboxylic acids is 2. The van der Waals surface area contributed by atoms with Crippen molar-refractivity contribution in [2.75, 3.05) is 47.5 Å². The van der Waals surface area contributed by atoms with E-state index in [1.165, 1.54) is 89.9 Å². The summed E-state index contributed by atoms with van der Waals surface area (Å²) in [6.07, 6.45) is 56.3. The second-order valence-electron chi connectivity index (χ2n) is 17.1. The van der Waals surface area contributed by atoms with E-state index < -0.39 is 32.5 Å². The third kappa shape index (κ3) is 46.7. The fourth-order valence-electron chi connectivity index (χ4n) is 6.07. The summed E-state index contributed by atoms with van der Waals surface area (Å²) < 4.78 is 33.8. The number of likely N-dealkylation sites (N-methyl/N-ethyl adjacent to an activating group) is 1. The van der Waals surface area contributed by atoms with Gasteiger partial charge in [-0.25, -0.2) is 0 Å². The SMILES string of the molecule is CCCCCCCC/C=C/C/C=C/C/C=C/CCCC(=O)OC[C@H](COP(=O)([O-])OCC[N+](C)(C)C)OC(=O)CCC/C=C/C/C=C/C/C=C/C/C=C/CCCCCCCCC. The Bertz CT molecular complexity index is 1330. The number of phosphoric ester groups is 1. The molecule has 9 nitrogen and oxygen atoms in total. The van der Waals surface area contributed by atoms with E-state index in [0.29, 0.717) is 30.3 Å². The fourth-order valence-corrected chi connectivity index (χ4v) is 6.80. The van der Waals surface area contributed by atoms with Crippen LogP contribution in [0.5, 0.6) is 0 Å². The van der Waals surface area contributed by atoms with Gasteiger partial charge >= 0.3 is 11.9 Å². The van der Waals surface area contributed by atoms with Crippen molar-refractivity contribution < 1.29 is 42.1 Å². The maximum absolute atomic E-state index is 12.7. The molecule has 0 spiro atoms. The molecular weight excluding hydrogens is 798 g/mol. The fraction of sp³-hybridized carbons (Fsp3) is 0.692. The molecule has 0 rings (SSSR count). The van der Waals surface area contributed by atoms with Crippen LogP contribution in [0.2, 0.25) is 0 Å². The van der Waals surface area contributed by atoms with E-state index in [1.807, 2.05) is 27.2 Å². The van der Waals surface area contributed by atoms with Crippen LogP contribution in [0.1, 0.15) is 181 Å². The van der Waals surface area contributed by atoms with E-state index in [9.17, 15) is 19.0 Å². The van der Waals surface area contributed by atoms with Gasteiger partial charge in [-0.05, 0) is 83.5 Å². The third-order valence-electron chi connectivity index (χ3n) is 9.89. The van der Waals surface area contributed by atoms with Gasteiger partial charge in [-0.15, -0.1) is 0 Å². The summed E-state index contributed by atoms with van der Waals surface area (Å²) in [5.41, 5.74) is 0. The van der Waals surface area contributed by atoms with Gasteiger partial charge in [0.1, 0.15) is 19.8 Å². The van der Waals surface area contributed by atoms with E-state index >= 15 is 0 Å². The first-order chi connectivity index (χ1) is 30.0. The van der Waals surface area contributed by atoms with E-state index in [1.54, 1.807) is 0 Å². The Morgan fingerprint density at radius 1 is 0.500 bits per heavy atom. The highest BCUT2D eigenvalue weighted by Crippen LogP contribution is 2.38. The van der Waals surface area contributed by atoms with Crippen LogP contribution in [-0.2, 0) is 32.7 Å². The molecule has 0 aromatic heterocycles. The molecule has 0 aliphatic rings. The van der Waals surface area contributed by atoms with Crippen molar-refractivity contribution in [3.05, 3.63) is 85.1 Å². The largest absolute Gasteiger partial charge is 0.756 e. The summed E-state index contributed by atoms with van der Waals surface area (Å²) in [6, 6.07) is 0. The number of allylic oxidation sites excluding steroid dienone is 14. The second kappa shape index (κ2) is 43.4. The van der Waals surface area contributed by atoms with Gasteiger partial charge in [-0.1, -0.05) is 170 Å². The quantitative estimate of drug-likeness (QED) is 0.0196. The molecule has 2 atom stereocenters. The highest BCUT2D eigenvalue weighted by molar-refractivity contribution is 7.45. The van der Waals surface area contributed by atoms with Gasteiger partial charge < -0.3 is 27.9 Å². The molecule has 0 N–H and O–H groups in total. The predicted octanol–water partition coefficient (Wildman–Crippen LogP) is 13.7. The molecule has 0 aromatic rings. The lowest BCUT2D eigenvalue weighted by atomic mass is 10.1. The number of phosphoric acid groups is 1. The zero-order chi connectivity index (χ0) is 45.7. The van der Waals surface area contributed by atoms with Crippen LogP contribution in [0.15, 0.2) is 85.1 Å². The Morgan fingerprint density at radius 3 is 1.29 bits per heavy atom. The van der Waals surface area contributed by atoms with Gasteiger partial charge in [0.15, 0.2) is 6.10 Å². The topological polar surface area (TPSA) is 111 Å². The van der Waals surface area contributed by atoms with E-state index in [2.05, 4.69) is 92.8 Å². The van der Waals surface area contributed by atoms with Crippen LogP contribution < -0.4 is 4.89 Å². The van der Waals surface area contributed by atoms with Crippen LogP contribution >= 0.6 is 7.82 Å². The summed E-state index contributed by atoms with van der Waals surface area (Å²) in [6.45, 7) is 4.09. The van der Waals surface area contributed by atoms with Gasteiger partial charge in [0, 0.05) is 12.8 Å². The maximum Gasteiger partial charge on any atom is 0.306 e. The number of ether oxygens (including phenoxy) is 2. The van der Waals surface area contributed by atoms with Crippen molar-refractivity contribution in [1.29, 1.82) is 0 Å². The molecule has 0 fully saturated rings. The molecule has 0 saturated heterocycles. The molecule has 0 amide bonds. The summed E-state index contributed by atoms with van der Waals surface area (Å²) in [5, 5.41) is 0. The van der Waals surface area contributed by atoms with Gasteiger partial charge in [0.05, 0.1) is 27.7 Å². The minimum absolute atomic E-state index is 0.0528. The molecule has 356 valence electrons. The van der Waals surface area contributed by atoms with E-state index in [4.69, 9.17) is 18.5 Å². The van der Waals surface area contributed by atoms with Crippen LogP contribution in [0.25, 0.3) is 0 Å². The normalized spacial score (nSPS) is 14.2. The summed E-state index contributed by atoms with van der Waals surface area (Å²) in [4.78, 5) is 37.6. The molecule has 0 saturated carbocycles. The van der Waals surface area contributed by atoms with Crippen molar-refractivity contribution in [1.82, 2.24) is 0 Å². The van der Waals surface area contributed by atoms with E-state index in [0.717, 1.165) is 44.9 Å². The highest BCUT2D eigenvalue weighted by atomic mass is 31.2. The molecule has 0 heterocycles. The molecule has 0 aliphatic heterocycles. The molecule has 10 heteroatoms. The van der Waals surface area contributed by atoms with Crippen molar-refractivity contribution in [3.63, 3.8) is 0 Å². The number of rotatable bonds is 43. The number of hydrogen-bond donors (Lipinski definition) is 0. The number of esters is 2. The van der Waals surface area contributed by atoms with Crippen molar-refractivity contribution in [2.24, 2.45) is 0 Å². The smallest absolute Gasteiger partial charge is 0.306 e. The minimum atomic E-state index is -4.66. The Labute approximate surface area is 380 Å². The Balaban J connectivity index is 4.49. The van der Waals surface area contributed by atoms with Crippen LogP contribution in [0, 0.1) is 0 Å². The summed E-state index contributed by atoms with van der Waals surface area (Å²) in [5.74, 6) is -0.967. The van der Waals surface area contributed by atoms with Gasteiger partial charge in [0.2, 0.25) is 0 Å². The maximum atomic E-state index is 12.7. The van der Waals surface area contributed by atoms with Gasteiger partial charge in [0.25, 0.3) is 7.82 Å². The Hall–Kier alpha value is -2.81. The summed E-state index contributed by atoms with van der Waals surface area (Å²) in [7, 11) is 1.09. The average Bonchev–Trinajstić information content (AvgIpc) is 3.23. The molecule has 62 heavy (non-hydrogen) atoms.